The minimum atomic E-state index is -0.705. The van der Waals surface area contributed by atoms with Crippen molar-refractivity contribution in [3.8, 4) is 6.07 Å². The molecule has 0 aliphatic heterocycles. The number of hydrogen-bond acceptors (Lipinski definition) is 8. The summed E-state index contributed by atoms with van der Waals surface area (Å²) < 4.78 is 2.18. The van der Waals surface area contributed by atoms with Crippen molar-refractivity contribution in [2.75, 3.05) is 11.1 Å². The molecule has 3 rings (SSSR count). The monoisotopic (exact) mass is 364 g/mol. The second kappa shape index (κ2) is 7.49. The molecule has 0 fully saturated rings. The molecule has 0 saturated carbocycles. The molecule has 0 amide bonds. The topological polar surface area (TPSA) is 145 Å². The lowest BCUT2D eigenvalue weighted by molar-refractivity contribution is 0.585. The number of nitrogens with one attached hydrogen (secondary N) is 1. The van der Waals surface area contributed by atoms with Gasteiger partial charge >= 0.3 is 5.69 Å². The van der Waals surface area contributed by atoms with Gasteiger partial charge in [-0.25, -0.2) is 4.79 Å². The molecule has 0 unspecified atom stereocenters. The number of aryl methyl sites for hydroxylation is 1. The van der Waals surface area contributed by atoms with Crippen LogP contribution in [0.5, 0.6) is 0 Å². The van der Waals surface area contributed by atoms with E-state index in [1.54, 1.807) is 13.0 Å². The summed E-state index contributed by atoms with van der Waals surface area (Å²) in [5, 5.41) is 12.1. The van der Waals surface area contributed by atoms with Crippen molar-refractivity contribution in [1.82, 2.24) is 24.1 Å². The van der Waals surface area contributed by atoms with Crippen LogP contribution in [-0.4, -0.2) is 24.1 Å². The van der Waals surface area contributed by atoms with Gasteiger partial charge in [-0.2, -0.15) is 20.2 Å². The third kappa shape index (κ3) is 3.82. The zero-order valence-electron chi connectivity index (χ0n) is 14.5. The van der Waals surface area contributed by atoms with Crippen molar-refractivity contribution >= 4 is 17.6 Å². The third-order valence-electron chi connectivity index (χ3n) is 3.73. The van der Waals surface area contributed by atoms with Crippen molar-refractivity contribution in [3.05, 3.63) is 68.8 Å². The van der Waals surface area contributed by atoms with Gasteiger partial charge in [-0.1, -0.05) is 18.2 Å². The Balaban J connectivity index is 2.01. The van der Waals surface area contributed by atoms with Crippen LogP contribution in [0.2, 0.25) is 0 Å². The second-order valence-corrected chi connectivity index (χ2v) is 5.54. The average Bonchev–Trinajstić information content (AvgIpc) is 2.66. The maximum atomic E-state index is 12.5. The number of benzene rings is 1. The van der Waals surface area contributed by atoms with Gasteiger partial charge in [0.2, 0.25) is 11.9 Å². The third-order valence-corrected chi connectivity index (χ3v) is 3.73. The molecule has 136 valence electrons. The first-order valence-electron chi connectivity index (χ1n) is 8.08. The number of nitrogens with two attached hydrogens (primary N) is 1. The number of nitrogen functional groups attached to an aromatic ring is 1. The molecule has 2 heterocycles. The second-order valence-electron chi connectivity index (χ2n) is 5.54. The Kier molecular flexibility index (Phi) is 4.94. The molecule has 10 nitrogen and oxygen atoms in total. The van der Waals surface area contributed by atoms with Gasteiger partial charge in [-0.15, -0.1) is 0 Å². The van der Waals surface area contributed by atoms with Crippen molar-refractivity contribution in [3.63, 3.8) is 0 Å². The van der Waals surface area contributed by atoms with Crippen molar-refractivity contribution in [2.24, 2.45) is 0 Å². The number of nitrogens with zero attached hydrogens (tertiary/aromatic N) is 6. The van der Waals surface area contributed by atoms with Crippen molar-refractivity contribution < 1.29 is 0 Å². The summed E-state index contributed by atoms with van der Waals surface area (Å²) in [5.74, 6) is 0.251. The molecule has 0 atom stereocenters. The Labute approximate surface area is 153 Å². The Morgan fingerprint density at radius 3 is 2.59 bits per heavy atom. The zero-order chi connectivity index (χ0) is 19.4. The summed E-state index contributed by atoms with van der Waals surface area (Å²) in [4.78, 5) is 37.0. The molecular formula is C17H16N8O2. The SMILES string of the molecule is CCn1cc(C#N)c(=O)n(Cc2nc(N)nc(Nc3ccccc3)n2)c1=O. The van der Waals surface area contributed by atoms with Crippen LogP contribution in [0.15, 0.2) is 46.1 Å². The standard InChI is InChI=1S/C17H16N8O2/c1-2-24-9-11(8-18)14(26)25(17(24)27)10-13-21-15(19)23-16(22-13)20-12-6-4-3-5-7-12/h3-7,9H,2,10H2,1H3,(H3,19,20,21,22,23). The van der Waals surface area contributed by atoms with E-state index in [-0.39, 0.29) is 29.8 Å². The van der Waals surface area contributed by atoms with E-state index in [0.717, 1.165) is 10.3 Å². The maximum absolute atomic E-state index is 12.5. The molecule has 3 aromatic rings. The Bertz CT molecular complexity index is 1130. The molecule has 1 aromatic carbocycles. The fourth-order valence-electron chi connectivity index (χ4n) is 2.45. The molecule has 0 bridgehead atoms. The molecule has 0 saturated heterocycles. The molecule has 0 aliphatic rings. The molecule has 0 radical (unpaired) electrons. The minimum absolute atomic E-state index is 0.0567. The van der Waals surface area contributed by atoms with E-state index in [1.165, 1.54) is 10.8 Å². The van der Waals surface area contributed by atoms with Crippen LogP contribution in [0.3, 0.4) is 0 Å². The highest BCUT2D eigenvalue weighted by Gasteiger charge is 2.13. The van der Waals surface area contributed by atoms with E-state index in [0.29, 0.717) is 6.54 Å². The van der Waals surface area contributed by atoms with Gasteiger partial charge < -0.3 is 11.1 Å². The summed E-state index contributed by atoms with van der Waals surface area (Å²) in [6, 6.07) is 11.0. The maximum Gasteiger partial charge on any atom is 0.331 e. The first-order valence-corrected chi connectivity index (χ1v) is 8.08. The number of anilines is 3. The molecule has 27 heavy (non-hydrogen) atoms. The highest BCUT2D eigenvalue weighted by Crippen LogP contribution is 2.12. The van der Waals surface area contributed by atoms with Crippen LogP contribution in [0, 0.1) is 11.3 Å². The summed E-state index contributed by atoms with van der Waals surface area (Å²) in [7, 11) is 0. The quantitative estimate of drug-likeness (QED) is 0.664. The lowest BCUT2D eigenvalue weighted by Gasteiger charge is -2.10. The Morgan fingerprint density at radius 2 is 1.93 bits per heavy atom. The van der Waals surface area contributed by atoms with Gasteiger partial charge in [-0.3, -0.25) is 13.9 Å². The highest BCUT2D eigenvalue weighted by molar-refractivity contribution is 5.53. The lowest BCUT2D eigenvalue weighted by Crippen LogP contribution is -2.41. The number of rotatable bonds is 5. The molecular weight excluding hydrogens is 348 g/mol. The average molecular weight is 364 g/mol. The fourth-order valence-corrected chi connectivity index (χ4v) is 2.45. The summed E-state index contributed by atoms with van der Waals surface area (Å²) >= 11 is 0. The number of para-hydroxylation sites is 1. The fraction of sp³-hybridized carbons (Fsp3) is 0.176. The van der Waals surface area contributed by atoms with E-state index < -0.39 is 11.2 Å². The van der Waals surface area contributed by atoms with Crippen LogP contribution in [0.4, 0.5) is 17.6 Å². The van der Waals surface area contributed by atoms with Gasteiger partial charge in [0.25, 0.3) is 5.56 Å². The van der Waals surface area contributed by atoms with Crippen molar-refractivity contribution in [1.29, 1.82) is 5.26 Å². The Morgan fingerprint density at radius 1 is 1.19 bits per heavy atom. The van der Waals surface area contributed by atoms with Crippen LogP contribution < -0.4 is 22.3 Å². The van der Waals surface area contributed by atoms with Gasteiger partial charge in [-0.05, 0) is 19.1 Å². The van der Waals surface area contributed by atoms with Gasteiger partial charge in [0, 0.05) is 18.4 Å². The zero-order valence-corrected chi connectivity index (χ0v) is 14.5. The molecule has 2 aromatic heterocycles. The first kappa shape index (κ1) is 17.8. The van der Waals surface area contributed by atoms with E-state index in [1.807, 2.05) is 30.3 Å². The van der Waals surface area contributed by atoms with E-state index in [4.69, 9.17) is 11.0 Å². The van der Waals surface area contributed by atoms with E-state index in [9.17, 15) is 9.59 Å². The van der Waals surface area contributed by atoms with Crippen LogP contribution >= 0.6 is 0 Å². The molecule has 0 spiro atoms. The lowest BCUT2D eigenvalue weighted by atomic mass is 10.3. The van der Waals surface area contributed by atoms with Crippen molar-refractivity contribution in [2.45, 2.75) is 20.0 Å². The number of hydrogen-bond donors (Lipinski definition) is 2. The molecule has 3 N–H and O–H groups in total. The number of nitriles is 1. The van der Waals surface area contributed by atoms with Crippen LogP contribution in [-0.2, 0) is 13.1 Å². The Hall–Kier alpha value is -4.00. The molecule has 10 heteroatoms. The van der Waals surface area contributed by atoms with Crippen LogP contribution in [0.25, 0.3) is 0 Å². The summed E-state index contributed by atoms with van der Waals surface area (Å²) in [6.45, 7) is 1.82. The highest BCUT2D eigenvalue weighted by atomic mass is 16.2. The summed E-state index contributed by atoms with van der Waals surface area (Å²) in [6.07, 6.45) is 1.24. The smallest absolute Gasteiger partial charge is 0.331 e. The largest absolute Gasteiger partial charge is 0.368 e. The van der Waals surface area contributed by atoms with Crippen LogP contribution in [0.1, 0.15) is 18.3 Å². The normalized spacial score (nSPS) is 10.4. The summed E-state index contributed by atoms with van der Waals surface area (Å²) in [5.41, 5.74) is 5.07. The minimum Gasteiger partial charge on any atom is -0.368 e. The predicted molar refractivity (Wildman–Crippen MR) is 98.4 cm³/mol. The van der Waals surface area contributed by atoms with Gasteiger partial charge in [0.1, 0.15) is 11.6 Å². The predicted octanol–water partition coefficient (Wildman–Crippen LogP) is 0.461. The van der Waals surface area contributed by atoms with E-state index >= 15 is 0 Å². The molecule has 0 aliphatic carbocycles. The van der Waals surface area contributed by atoms with Gasteiger partial charge in [0.15, 0.2) is 5.82 Å². The van der Waals surface area contributed by atoms with E-state index in [2.05, 4.69) is 20.3 Å². The first-order chi connectivity index (χ1) is 13.0. The van der Waals surface area contributed by atoms with Gasteiger partial charge in [0.05, 0.1) is 6.54 Å². The number of aromatic nitrogens is 5.